The zero-order valence-electron chi connectivity index (χ0n) is 8.72. The Balaban J connectivity index is 3.09. The molecule has 0 radical (unpaired) electrons. The molecule has 0 bridgehead atoms. The highest BCUT2D eigenvalue weighted by Crippen LogP contribution is 2.29. The molecule has 1 aromatic rings. The quantitative estimate of drug-likeness (QED) is 0.837. The maximum Gasteiger partial charge on any atom is 0.425 e. The molecule has 0 aliphatic rings. The molecule has 94 valence electrons. The highest BCUT2D eigenvalue weighted by Gasteiger charge is 2.39. The van der Waals surface area contributed by atoms with Crippen LogP contribution in [-0.4, -0.2) is 18.2 Å². The summed E-state index contributed by atoms with van der Waals surface area (Å²) in [5, 5.41) is 0. The first-order chi connectivity index (χ1) is 7.73. The molecule has 0 aliphatic carbocycles. The largest absolute Gasteiger partial charge is 0.477 e. The standard InChI is InChI=1S/C10H9F4NO2/c1-5(10(12,13)14)17-8-6(9(15)16)3-2-4-7(8)11/h2-5H,1H3,(H2,15,16)/t5-/m0/s1. The van der Waals surface area contributed by atoms with Crippen molar-refractivity contribution in [2.24, 2.45) is 5.73 Å². The number of hydrogen-bond donors (Lipinski definition) is 1. The third-order valence-corrected chi connectivity index (χ3v) is 1.99. The second-order valence-corrected chi connectivity index (χ2v) is 3.28. The smallest absolute Gasteiger partial charge is 0.425 e. The molecule has 0 heterocycles. The molecular formula is C10H9F4NO2. The lowest BCUT2D eigenvalue weighted by molar-refractivity contribution is -0.189. The number of carbonyl (C=O) groups is 1. The summed E-state index contributed by atoms with van der Waals surface area (Å²) in [6.07, 6.45) is -6.89. The molecule has 0 saturated carbocycles. The Kier molecular flexibility index (Phi) is 3.59. The molecule has 1 atom stereocenters. The summed E-state index contributed by atoms with van der Waals surface area (Å²) in [7, 11) is 0. The molecule has 17 heavy (non-hydrogen) atoms. The van der Waals surface area contributed by atoms with E-state index in [9.17, 15) is 22.4 Å². The Morgan fingerprint density at radius 1 is 1.41 bits per heavy atom. The van der Waals surface area contributed by atoms with Crippen LogP contribution in [0, 0.1) is 5.82 Å². The molecule has 1 rings (SSSR count). The van der Waals surface area contributed by atoms with Crippen LogP contribution in [0.1, 0.15) is 17.3 Å². The molecule has 0 saturated heterocycles. The summed E-state index contributed by atoms with van der Waals surface area (Å²) in [5.74, 6) is -2.92. The summed E-state index contributed by atoms with van der Waals surface area (Å²) in [4.78, 5) is 10.9. The minimum Gasteiger partial charge on any atom is -0.477 e. The van der Waals surface area contributed by atoms with Gasteiger partial charge in [0.2, 0.25) is 0 Å². The second kappa shape index (κ2) is 4.60. The van der Waals surface area contributed by atoms with Crippen molar-refractivity contribution in [3.05, 3.63) is 29.6 Å². The van der Waals surface area contributed by atoms with Crippen LogP contribution in [0.25, 0.3) is 0 Å². The van der Waals surface area contributed by atoms with Crippen LogP contribution in [0.15, 0.2) is 18.2 Å². The van der Waals surface area contributed by atoms with Crippen LogP contribution in [-0.2, 0) is 0 Å². The van der Waals surface area contributed by atoms with E-state index in [1.165, 1.54) is 0 Å². The van der Waals surface area contributed by atoms with Crippen molar-refractivity contribution >= 4 is 5.91 Å². The van der Waals surface area contributed by atoms with Gasteiger partial charge in [0.1, 0.15) is 0 Å². The van der Waals surface area contributed by atoms with Gasteiger partial charge in [0.05, 0.1) is 5.56 Å². The van der Waals surface area contributed by atoms with E-state index >= 15 is 0 Å². The Morgan fingerprint density at radius 3 is 2.47 bits per heavy atom. The minimum absolute atomic E-state index is 0.430. The minimum atomic E-state index is -4.66. The van der Waals surface area contributed by atoms with Crippen molar-refractivity contribution < 1.29 is 27.1 Å². The van der Waals surface area contributed by atoms with Gasteiger partial charge in [0, 0.05) is 0 Å². The van der Waals surface area contributed by atoms with Gasteiger partial charge in [-0.05, 0) is 19.1 Å². The van der Waals surface area contributed by atoms with Crippen LogP contribution in [0.2, 0.25) is 0 Å². The fourth-order valence-electron chi connectivity index (χ4n) is 1.07. The summed E-state index contributed by atoms with van der Waals surface area (Å²) in [5.41, 5.74) is 4.47. The van der Waals surface area contributed by atoms with Crippen molar-refractivity contribution in [3.8, 4) is 5.75 Å². The van der Waals surface area contributed by atoms with Crippen molar-refractivity contribution in [3.63, 3.8) is 0 Å². The van der Waals surface area contributed by atoms with Crippen LogP contribution < -0.4 is 10.5 Å². The third kappa shape index (κ3) is 3.08. The lowest BCUT2D eigenvalue weighted by Gasteiger charge is -2.19. The number of primary amides is 1. The summed E-state index contributed by atoms with van der Waals surface area (Å²) in [6, 6.07) is 3.12. The van der Waals surface area contributed by atoms with Crippen LogP contribution in [0.3, 0.4) is 0 Å². The summed E-state index contributed by atoms with van der Waals surface area (Å²) in [6.45, 7) is 0.706. The zero-order chi connectivity index (χ0) is 13.2. The van der Waals surface area contributed by atoms with Crippen molar-refractivity contribution in [2.75, 3.05) is 0 Å². The Labute approximate surface area is 94.2 Å². The summed E-state index contributed by atoms with van der Waals surface area (Å²) < 4.78 is 54.4. The van der Waals surface area contributed by atoms with Gasteiger partial charge in [-0.1, -0.05) is 6.07 Å². The van der Waals surface area contributed by atoms with Crippen LogP contribution in [0.4, 0.5) is 17.6 Å². The van der Waals surface area contributed by atoms with Gasteiger partial charge >= 0.3 is 6.18 Å². The zero-order valence-corrected chi connectivity index (χ0v) is 8.72. The first-order valence-electron chi connectivity index (χ1n) is 4.55. The molecule has 0 fully saturated rings. The molecule has 0 aliphatic heterocycles. The van der Waals surface area contributed by atoms with E-state index in [1.54, 1.807) is 0 Å². The number of rotatable bonds is 3. The van der Waals surface area contributed by atoms with E-state index in [-0.39, 0.29) is 0 Å². The lowest BCUT2D eigenvalue weighted by Crippen LogP contribution is -2.32. The monoisotopic (exact) mass is 251 g/mol. The lowest BCUT2D eigenvalue weighted by atomic mass is 10.2. The predicted octanol–water partition coefficient (Wildman–Crippen LogP) is 2.25. The van der Waals surface area contributed by atoms with Gasteiger partial charge in [0.25, 0.3) is 5.91 Å². The van der Waals surface area contributed by atoms with E-state index < -0.39 is 35.3 Å². The number of amides is 1. The normalized spacial score (nSPS) is 13.2. The van der Waals surface area contributed by atoms with E-state index in [4.69, 9.17) is 5.73 Å². The van der Waals surface area contributed by atoms with Gasteiger partial charge in [-0.15, -0.1) is 0 Å². The van der Waals surface area contributed by atoms with Crippen molar-refractivity contribution in [1.82, 2.24) is 0 Å². The van der Waals surface area contributed by atoms with E-state index in [1.807, 2.05) is 0 Å². The second-order valence-electron chi connectivity index (χ2n) is 3.28. The van der Waals surface area contributed by atoms with E-state index in [2.05, 4.69) is 4.74 Å². The highest BCUT2D eigenvalue weighted by molar-refractivity contribution is 5.95. The van der Waals surface area contributed by atoms with Gasteiger partial charge in [-0.3, -0.25) is 4.79 Å². The first kappa shape index (κ1) is 13.3. The number of nitrogens with two attached hydrogens (primary N) is 1. The average molecular weight is 251 g/mol. The molecule has 0 spiro atoms. The van der Waals surface area contributed by atoms with Crippen LogP contribution in [0.5, 0.6) is 5.75 Å². The van der Waals surface area contributed by atoms with E-state index in [0.717, 1.165) is 18.2 Å². The molecule has 7 heteroatoms. The third-order valence-electron chi connectivity index (χ3n) is 1.99. The molecule has 2 N–H and O–H groups in total. The van der Waals surface area contributed by atoms with Crippen molar-refractivity contribution in [1.29, 1.82) is 0 Å². The van der Waals surface area contributed by atoms with Gasteiger partial charge in [0.15, 0.2) is 17.7 Å². The molecular weight excluding hydrogens is 242 g/mol. The maximum absolute atomic E-state index is 13.3. The summed E-state index contributed by atoms with van der Waals surface area (Å²) >= 11 is 0. The SMILES string of the molecule is C[C@H](Oc1c(F)cccc1C(N)=O)C(F)(F)F. The maximum atomic E-state index is 13.3. The number of benzene rings is 1. The first-order valence-corrected chi connectivity index (χ1v) is 4.55. The topological polar surface area (TPSA) is 52.3 Å². The van der Waals surface area contributed by atoms with Crippen molar-refractivity contribution in [2.45, 2.75) is 19.2 Å². The van der Waals surface area contributed by atoms with Gasteiger partial charge < -0.3 is 10.5 Å². The van der Waals surface area contributed by atoms with Gasteiger partial charge in [-0.2, -0.15) is 13.2 Å². The molecule has 1 aromatic carbocycles. The molecule has 0 aromatic heterocycles. The fraction of sp³-hybridized carbons (Fsp3) is 0.300. The predicted molar refractivity (Wildman–Crippen MR) is 51.1 cm³/mol. The Hall–Kier alpha value is -1.79. The Bertz CT molecular complexity index is 431. The number of alkyl halides is 3. The molecule has 1 amide bonds. The fourth-order valence-corrected chi connectivity index (χ4v) is 1.07. The Morgan fingerprint density at radius 2 is 2.00 bits per heavy atom. The molecule has 3 nitrogen and oxygen atoms in total. The number of carbonyl (C=O) groups excluding carboxylic acids is 1. The highest BCUT2D eigenvalue weighted by atomic mass is 19.4. The number of hydrogen-bond acceptors (Lipinski definition) is 2. The number of para-hydroxylation sites is 1. The average Bonchev–Trinajstić information content (AvgIpc) is 2.18. The molecule has 0 unspecified atom stereocenters. The van der Waals surface area contributed by atoms with Crippen LogP contribution >= 0.6 is 0 Å². The van der Waals surface area contributed by atoms with E-state index in [0.29, 0.717) is 6.92 Å². The number of halogens is 4. The van der Waals surface area contributed by atoms with Gasteiger partial charge in [-0.25, -0.2) is 4.39 Å². The number of ether oxygens (including phenoxy) is 1.